The molecule has 0 fully saturated rings. The predicted octanol–water partition coefficient (Wildman–Crippen LogP) is 9.92. The van der Waals surface area contributed by atoms with Crippen molar-refractivity contribution < 1.29 is 77.6 Å². The van der Waals surface area contributed by atoms with Crippen LogP contribution in [-0.4, -0.2) is 166 Å². The Morgan fingerprint density at radius 2 is 0.802 bits per heavy atom. The third-order valence-electron chi connectivity index (χ3n) is 18.0. The van der Waals surface area contributed by atoms with E-state index in [1.165, 1.54) is 32.2 Å². The smallest absolute Gasteiger partial charge is 0.357 e. The van der Waals surface area contributed by atoms with Crippen LogP contribution in [0.4, 0.5) is 0 Å². The highest BCUT2D eigenvalue weighted by atomic mass is 35.5. The van der Waals surface area contributed by atoms with Gasteiger partial charge in [-0.3, -0.25) is 27.6 Å². The van der Waals surface area contributed by atoms with E-state index in [0.717, 1.165) is 11.3 Å². The van der Waals surface area contributed by atoms with E-state index in [1.807, 2.05) is 25.1 Å². The van der Waals surface area contributed by atoms with Crippen LogP contribution in [0.25, 0.3) is 28.4 Å². The molecule has 5 aliphatic rings. The Bertz CT molecular complexity index is 5590. The van der Waals surface area contributed by atoms with Crippen molar-refractivity contribution in [3.63, 3.8) is 0 Å². The third kappa shape index (κ3) is 17.0. The highest BCUT2D eigenvalue weighted by Crippen LogP contribution is 2.36. The lowest BCUT2D eigenvalue weighted by Gasteiger charge is -2.32. The third-order valence-corrected chi connectivity index (χ3v) is 19.7. The Kier molecular flexibility index (Phi) is 23.7. The summed E-state index contributed by atoms with van der Waals surface area (Å²) < 4.78 is 39.5. The van der Waals surface area contributed by atoms with E-state index in [1.54, 1.807) is 148 Å². The monoisotopic (exact) mass is 1600 g/mol. The van der Waals surface area contributed by atoms with Gasteiger partial charge in [0, 0.05) is 61.8 Å². The minimum atomic E-state index is -0.961. The minimum Gasteiger partial charge on any atom is -0.462 e. The first kappa shape index (κ1) is 80.2. The van der Waals surface area contributed by atoms with Gasteiger partial charge in [-0.1, -0.05) is 58.0 Å². The summed E-state index contributed by atoms with van der Waals surface area (Å²) in [5.41, 5.74) is 6.51. The summed E-state index contributed by atoms with van der Waals surface area (Å²) >= 11 is 30.0. The van der Waals surface area contributed by atoms with Crippen molar-refractivity contribution in [2.45, 2.75) is 102 Å². The molecular formula is C76H63Cl5N14O16. The molecule has 4 unspecified atom stereocenters. The molecule has 0 aliphatic carbocycles. The summed E-state index contributed by atoms with van der Waals surface area (Å²) in [6.07, 6.45) is 8.81. The van der Waals surface area contributed by atoms with Crippen molar-refractivity contribution in [3.05, 3.63) is 233 Å². The predicted molar refractivity (Wildman–Crippen MR) is 394 cm³/mol. The topological polar surface area (TPSA) is 423 Å². The van der Waals surface area contributed by atoms with Gasteiger partial charge in [0.2, 0.25) is 0 Å². The van der Waals surface area contributed by atoms with E-state index in [9.17, 15) is 44.1 Å². The highest BCUT2D eigenvalue weighted by Gasteiger charge is 2.44. The number of ether oxygens (including phenoxy) is 6. The zero-order valence-corrected chi connectivity index (χ0v) is 63.3. The number of imidazole rings is 5. The maximum Gasteiger partial charge on any atom is 0.357 e. The maximum absolute atomic E-state index is 12.5. The van der Waals surface area contributed by atoms with E-state index in [2.05, 4.69) is 31.0 Å². The molecule has 0 spiro atoms. The van der Waals surface area contributed by atoms with Crippen LogP contribution in [-0.2, 0) is 65.3 Å². The van der Waals surface area contributed by atoms with E-state index >= 15 is 0 Å². The minimum absolute atomic E-state index is 0.0386. The van der Waals surface area contributed by atoms with Crippen molar-refractivity contribution in [3.8, 4) is 52.7 Å². The summed E-state index contributed by atoms with van der Waals surface area (Å²) in [7, 11) is 0. The number of fused-ring (bicyclic) bond motifs is 5. The molecule has 5 aliphatic heterocycles. The van der Waals surface area contributed by atoms with Crippen LogP contribution in [0, 0.1) is 52.2 Å². The Morgan fingerprint density at radius 1 is 0.459 bits per heavy atom. The molecule has 35 heteroatoms. The molecule has 0 bridgehead atoms. The van der Waals surface area contributed by atoms with Crippen LogP contribution < -0.4 is 0 Å². The van der Waals surface area contributed by atoms with Gasteiger partial charge in [0.05, 0.1) is 114 Å². The number of esters is 6. The summed E-state index contributed by atoms with van der Waals surface area (Å²) in [6.45, 7) is 8.82. The van der Waals surface area contributed by atoms with E-state index < -0.39 is 64.3 Å². The number of benzene rings is 5. The molecule has 4 N–H and O–H groups in total. The SMILES string of the molecule is CC(=O)OCC1(C)Cc2ncn(-c3ccc(C#N)c(Cl)c3)c2C(=O)O1.CC1(CO)Cc2ncn(-c3ccc(Cl)c(Cl)c3)c2C(=O)O1.C[C@@]1(CO)Cc2ncn(-c3ccc(C#N)c(Cl)c3)c2C(=O)O1.Cc1cc(C#N)ccc1-n1cnc2c1C(=O)OC(C)(CO)C2.N#Cc1ccc(-n2cnc3c2C(=O)OC(CO)C3)cc1Cl. The molecule has 30 nitrogen and oxygen atoms in total. The number of carbonyl (C=O) groups is 6. The van der Waals surface area contributed by atoms with Gasteiger partial charge in [-0.2, -0.15) is 21.0 Å². The van der Waals surface area contributed by atoms with Gasteiger partial charge in [-0.05, 0) is 131 Å². The summed E-state index contributed by atoms with van der Waals surface area (Å²) in [5.74, 6) is -3.10. The number of hydrogen-bond acceptors (Lipinski definition) is 25. The summed E-state index contributed by atoms with van der Waals surface area (Å²) in [5, 5.41) is 74.5. The van der Waals surface area contributed by atoms with Gasteiger partial charge in [0.1, 0.15) is 85.0 Å². The van der Waals surface area contributed by atoms with Crippen molar-refractivity contribution >= 4 is 93.8 Å². The van der Waals surface area contributed by atoms with Gasteiger partial charge in [0.25, 0.3) is 0 Å². The first-order valence-electron chi connectivity index (χ1n) is 33.4. The molecule has 10 aromatic rings. The Morgan fingerprint density at radius 3 is 1.14 bits per heavy atom. The van der Waals surface area contributed by atoms with Crippen LogP contribution in [0.2, 0.25) is 25.1 Å². The molecule has 15 rings (SSSR count). The van der Waals surface area contributed by atoms with Crippen LogP contribution in [0.5, 0.6) is 0 Å². The molecule has 5 atom stereocenters. The van der Waals surface area contributed by atoms with E-state index in [0.29, 0.717) is 154 Å². The van der Waals surface area contributed by atoms with Crippen molar-refractivity contribution in [1.29, 1.82) is 21.0 Å². The molecule has 568 valence electrons. The van der Waals surface area contributed by atoms with Gasteiger partial charge in [-0.15, -0.1) is 0 Å². The number of cyclic esters (lactones) is 5. The number of aryl methyl sites for hydroxylation is 1. The van der Waals surface area contributed by atoms with Crippen molar-refractivity contribution in [1.82, 2.24) is 47.8 Å². The van der Waals surface area contributed by atoms with Crippen molar-refractivity contribution in [2.24, 2.45) is 0 Å². The Labute approximate surface area is 656 Å². The molecule has 0 radical (unpaired) electrons. The lowest BCUT2D eigenvalue weighted by molar-refractivity contribution is -0.148. The first-order chi connectivity index (χ1) is 52.8. The maximum atomic E-state index is 12.5. The number of rotatable bonds is 11. The fourth-order valence-corrected chi connectivity index (χ4v) is 13.3. The summed E-state index contributed by atoms with van der Waals surface area (Å²) in [6, 6.07) is 32.8. The molecule has 0 saturated carbocycles. The number of aliphatic hydroxyl groups is 4. The lowest BCUT2D eigenvalue weighted by Crippen LogP contribution is -2.43. The van der Waals surface area contributed by atoms with Gasteiger partial charge < -0.3 is 48.8 Å². The van der Waals surface area contributed by atoms with Crippen LogP contribution >= 0.6 is 58.0 Å². The quantitative estimate of drug-likeness (QED) is 0.0690. The van der Waals surface area contributed by atoms with Crippen LogP contribution in [0.3, 0.4) is 0 Å². The molecule has 5 aromatic heterocycles. The van der Waals surface area contributed by atoms with Gasteiger partial charge >= 0.3 is 35.8 Å². The number of halogens is 5. The molecule has 0 saturated heterocycles. The second kappa shape index (κ2) is 32.8. The number of aliphatic hydroxyl groups excluding tert-OH is 4. The number of nitriles is 4. The average molecular weight is 1610 g/mol. The standard InChI is InChI=1S/C17H14ClN3O4.C16H15N3O3.C15H12ClN3O3.C14H12Cl2N2O3.C14H10ClN3O3/c1-10(22)24-8-17(2)6-14-15(16(23)25-17)21(9-20-14)12-4-3-11(7-19)13(18)5-12;1-10-5-11(7-17)3-4-13(10)19-9-18-12-6-16(2,8-20)22-15(21)14(12)19;1-15(7-20)5-12-13(14(21)22-15)19(8-18-12)10-3-2-9(6-17)11(16)4-10;1-14(6-19)5-11-12(13(20)21-14)18(7-17-11)8-2-3-9(15)10(16)4-8;15-11-3-9(2-1-8(11)5-16)18-7-17-12-4-10(6-19)21-14(20)13(12)18/h3-5,9H,6,8H2,1-2H3;3-5,9,20H,6,8H2,1-2H3;2-4,8,20H,5,7H2,1H3;2-4,7,19H,5-6H2,1H3;1-3,7,10,19H,4,6H2/t;;15-;;/m..0../s1. The largest absolute Gasteiger partial charge is 0.462 e. The van der Waals surface area contributed by atoms with Crippen LogP contribution in [0.15, 0.2) is 123 Å². The molecule has 10 heterocycles. The number of carbonyl (C=O) groups excluding carboxylic acids is 6. The normalized spacial score (nSPS) is 19.5. The fourth-order valence-electron chi connectivity index (χ4n) is 12.3. The molecule has 0 amide bonds. The lowest BCUT2D eigenvalue weighted by atomic mass is 9.97. The van der Waals surface area contributed by atoms with Crippen LogP contribution in [0.1, 0.15) is 143 Å². The van der Waals surface area contributed by atoms with Gasteiger partial charge in [0.15, 0.2) is 28.5 Å². The second-order valence-electron chi connectivity index (χ2n) is 26.8. The second-order valence-corrected chi connectivity index (χ2v) is 28.9. The number of aromatic nitrogens is 10. The Balaban J connectivity index is 0.000000138. The van der Waals surface area contributed by atoms with Gasteiger partial charge in [-0.25, -0.2) is 48.9 Å². The zero-order valence-electron chi connectivity index (χ0n) is 59.5. The molecule has 111 heavy (non-hydrogen) atoms. The molecule has 5 aromatic carbocycles. The highest BCUT2D eigenvalue weighted by molar-refractivity contribution is 6.42. The first-order valence-corrected chi connectivity index (χ1v) is 35.3. The van der Waals surface area contributed by atoms with E-state index in [-0.39, 0.29) is 38.1 Å². The average Bonchev–Trinajstić information content (AvgIpc) is 1.61. The van der Waals surface area contributed by atoms with Crippen molar-refractivity contribution in [2.75, 3.05) is 33.0 Å². The summed E-state index contributed by atoms with van der Waals surface area (Å²) in [4.78, 5) is 93.6. The fraction of sp³-hybridized carbons (Fsp3) is 0.276. The molecular weight excluding hydrogens is 1540 g/mol. The number of nitrogens with zero attached hydrogens (tertiary/aromatic N) is 14. The van der Waals surface area contributed by atoms with E-state index in [4.69, 9.17) is 113 Å². The zero-order chi connectivity index (χ0) is 80.2. The Hall–Kier alpha value is -11.8. The number of hydrogen-bond donors (Lipinski definition) is 4.